The molecule has 21 heavy (non-hydrogen) atoms. The van der Waals surface area contributed by atoms with Crippen molar-refractivity contribution < 1.29 is 13.7 Å². The number of para-hydroxylation sites is 1. The molecule has 0 heterocycles. The summed E-state index contributed by atoms with van der Waals surface area (Å²) in [6.45, 7) is 0. The van der Waals surface area contributed by atoms with E-state index in [0.717, 1.165) is 6.07 Å². The summed E-state index contributed by atoms with van der Waals surface area (Å²) >= 11 is 0. The molecule has 0 spiro atoms. The number of halogens is 2. The fourth-order valence-electron chi connectivity index (χ4n) is 2.23. The third kappa shape index (κ3) is 3.41. The minimum absolute atomic E-state index is 0.0136. The van der Waals surface area contributed by atoms with Crippen molar-refractivity contribution in [2.45, 2.75) is 12.5 Å². The van der Waals surface area contributed by atoms with Crippen molar-refractivity contribution in [1.29, 1.82) is 0 Å². The van der Waals surface area contributed by atoms with Crippen LogP contribution in [0.2, 0.25) is 0 Å². The average molecular weight is 292 g/mol. The highest BCUT2D eigenvalue weighted by Gasteiger charge is 2.20. The van der Waals surface area contributed by atoms with E-state index in [9.17, 15) is 18.9 Å². The van der Waals surface area contributed by atoms with Gasteiger partial charge < -0.3 is 5.32 Å². The predicted molar refractivity (Wildman–Crippen MR) is 75.0 cm³/mol. The summed E-state index contributed by atoms with van der Waals surface area (Å²) in [7, 11) is 1.63. The van der Waals surface area contributed by atoms with Gasteiger partial charge in [-0.3, -0.25) is 10.1 Å². The van der Waals surface area contributed by atoms with E-state index in [1.165, 1.54) is 18.2 Å². The van der Waals surface area contributed by atoms with Gasteiger partial charge in [-0.2, -0.15) is 0 Å². The van der Waals surface area contributed by atoms with E-state index >= 15 is 0 Å². The molecule has 0 bridgehead atoms. The fourth-order valence-corrected chi connectivity index (χ4v) is 2.23. The second-order valence-corrected chi connectivity index (χ2v) is 4.60. The van der Waals surface area contributed by atoms with Crippen LogP contribution in [0, 0.1) is 21.7 Å². The number of hydrogen-bond donors (Lipinski definition) is 1. The monoisotopic (exact) mass is 292 g/mol. The molecule has 0 saturated heterocycles. The maximum absolute atomic E-state index is 13.8. The molecular weight excluding hydrogens is 278 g/mol. The third-order valence-corrected chi connectivity index (χ3v) is 3.30. The number of benzene rings is 2. The van der Waals surface area contributed by atoms with E-state index in [0.29, 0.717) is 5.56 Å². The first-order chi connectivity index (χ1) is 10.0. The second-order valence-electron chi connectivity index (χ2n) is 4.60. The van der Waals surface area contributed by atoms with Crippen molar-refractivity contribution in [2.75, 3.05) is 7.05 Å². The number of rotatable bonds is 5. The second kappa shape index (κ2) is 6.41. The molecule has 2 aromatic carbocycles. The van der Waals surface area contributed by atoms with Crippen LogP contribution in [0.5, 0.6) is 0 Å². The zero-order chi connectivity index (χ0) is 15.4. The van der Waals surface area contributed by atoms with Gasteiger partial charge in [0.15, 0.2) is 0 Å². The summed E-state index contributed by atoms with van der Waals surface area (Å²) in [6, 6.07) is 9.14. The van der Waals surface area contributed by atoms with Crippen molar-refractivity contribution >= 4 is 5.69 Å². The molecule has 0 aliphatic carbocycles. The van der Waals surface area contributed by atoms with E-state index in [2.05, 4.69) is 5.32 Å². The Balaban J connectivity index is 2.34. The lowest BCUT2D eigenvalue weighted by Gasteiger charge is -2.17. The van der Waals surface area contributed by atoms with Gasteiger partial charge in [0.1, 0.15) is 11.6 Å². The van der Waals surface area contributed by atoms with Crippen LogP contribution in [0.4, 0.5) is 14.5 Å². The number of nitrogens with zero attached hydrogens (tertiary/aromatic N) is 1. The highest BCUT2D eigenvalue weighted by molar-refractivity contribution is 5.41. The number of likely N-dealkylation sites (N-methyl/N-ethyl adjacent to an activating group) is 1. The largest absolute Gasteiger partial charge is 0.313 e. The summed E-state index contributed by atoms with van der Waals surface area (Å²) in [5.41, 5.74) is 0.753. The first-order valence-electron chi connectivity index (χ1n) is 6.37. The van der Waals surface area contributed by atoms with E-state index in [1.54, 1.807) is 25.2 Å². The zero-order valence-electron chi connectivity index (χ0n) is 11.3. The minimum Gasteiger partial charge on any atom is -0.313 e. The molecule has 4 nitrogen and oxygen atoms in total. The number of nitro benzene ring substituents is 1. The molecule has 1 atom stereocenters. The van der Waals surface area contributed by atoms with E-state index < -0.39 is 22.6 Å². The molecule has 0 aliphatic heterocycles. The highest BCUT2D eigenvalue weighted by atomic mass is 19.1. The number of hydrogen-bond acceptors (Lipinski definition) is 3. The molecule has 0 amide bonds. The van der Waals surface area contributed by atoms with Crippen molar-refractivity contribution in [3.8, 4) is 0 Å². The standard InChI is InChI=1S/C15H14F2N2O2/c1-18-14(12-7-6-11(16)9-13(12)17)8-10-4-2-3-5-15(10)19(20)21/h2-7,9,14,18H,8H2,1H3. The summed E-state index contributed by atoms with van der Waals surface area (Å²) in [5.74, 6) is -1.33. The Bertz CT molecular complexity index is 662. The molecule has 0 fully saturated rings. The van der Waals surface area contributed by atoms with Gasteiger partial charge in [-0.25, -0.2) is 8.78 Å². The molecule has 1 unspecified atom stereocenters. The van der Waals surface area contributed by atoms with E-state index in [4.69, 9.17) is 0 Å². The summed E-state index contributed by atoms with van der Waals surface area (Å²) in [5, 5.41) is 13.9. The molecule has 1 N–H and O–H groups in total. The summed E-state index contributed by atoms with van der Waals surface area (Å²) in [6.07, 6.45) is 0.232. The van der Waals surface area contributed by atoms with Crippen LogP contribution in [-0.2, 0) is 6.42 Å². The van der Waals surface area contributed by atoms with Crippen LogP contribution < -0.4 is 5.32 Å². The van der Waals surface area contributed by atoms with Crippen molar-refractivity contribution in [2.24, 2.45) is 0 Å². The van der Waals surface area contributed by atoms with Gasteiger partial charge in [-0.05, 0) is 19.5 Å². The minimum atomic E-state index is -0.673. The lowest BCUT2D eigenvalue weighted by Crippen LogP contribution is -2.20. The van der Waals surface area contributed by atoms with Crippen LogP contribution in [-0.4, -0.2) is 12.0 Å². The molecule has 2 aromatic rings. The van der Waals surface area contributed by atoms with Crippen molar-refractivity contribution in [3.63, 3.8) is 0 Å². The van der Waals surface area contributed by atoms with Crippen LogP contribution in [0.1, 0.15) is 17.2 Å². The summed E-state index contributed by atoms with van der Waals surface area (Å²) < 4.78 is 26.8. The van der Waals surface area contributed by atoms with Crippen LogP contribution >= 0.6 is 0 Å². The van der Waals surface area contributed by atoms with E-state index in [-0.39, 0.29) is 17.7 Å². The molecular formula is C15H14F2N2O2. The first kappa shape index (κ1) is 15.1. The Morgan fingerprint density at radius 3 is 2.57 bits per heavy atom. The SMILES string of the molecule is CNC(Cc1ccccc1[N+](=O)[O-])c1ccc(F)cc1F. The molecule has 0 saturated carbocycles. The molecule has 0 aliphatic rings. The maximum Gasteiger partial charge on any atom is 0.272 e. The molecule has 0 radical (unpaired) electrons. The Labute approximate surface area is 120 Å². The quantitative estimate of drug-likeness (QED) is 0.679. The number of nitro groups is 1. The van der Waals surface area contributed by atoms with Crippen molar-refractivity contribution in [3.05, 3.63) is 75.3 Å². The van der Waals surface area contributed by atoms with Gasteiger partial charge in [-0.15, -0.1) is 0 Å². The first-order valence-corrected chi connectivity index (χ1v) is 6.37. The normalized spacial score (nSPS) is 12.1. The van der Waals surface area contributed by atoms with Crippen LogP contribution in [0.3, 0.4) is 0 Å². The van der Waals surface area contributed by atoms with Gasteiger partial charge in [0.05, 0.1) is 4.92 Å². The fraction of sp³-hybridized carbons (Fsp3) is 0.200. The van der Waals surface area contributed by atoms with Gasteiger partial charge in [0.25, 0.3) is 5.69 Å². The van der Waals surface area contributed by atoms with Gasteiger partial charge in [0, 0.05) is 29.3 Å². The predicted octanol–water partition coefficient (Wildman–Crippen LogP) is 3.38. The van der Waals surface area contributed by atoms with Crippen LogP contribution in [0.15, 0.2) is 42.5 Å². The highest BCUT2D eigenvalue weighted by Crippen LogP contribution is 2.26. The Morgan fingerprint density at radius 1 is 1.24 bits per heavy atom. The van der Waals surface area contributed by atoms with Gasteiger partial charge >= 0.3 is 0 Å². The van der Waals surface area contributed by atoms with Crippen LogP contribution in [0.25, 0.3) is 0 Å². The van der Waals surface area contributed by atoms with Gasteiger partial charge in [-0.1, -0.05) is 24.3 Å². The molecule has 0 aromatic heterocycles. The lowest BCUT2D eigenvalue weighted by molar-refractivity contribution is -0.385. The number of nitrogens with one attached hydrogen (secondary N) is 1. The lowest BCUT2D eigenvalue weighted by atomic mass is 9.97. The molecule has 2 rings (SSSR count). The Morgan fingerprint density at radius 2 is 1.95 bits per heavy atom. The summed E-state index contributed by atoms with van der Waals surface area (Å²) in [4.78, 5) is 10.5. The molecule has 110 valence electrons. The Hall–Kier alpha value is -2.34. The Kier molecular flexibility index (Phi) is 4.59. The van der Waals surface area contributed by atoms with Crippen molar-refractivity contribution in [1.82, 2.24) is 5.32 Å². The smallest absolute Gasteiger partial charge is 0.272 e. The average Bonchev–Trinajstić information content (AvgIpc) is 2.45. The maximum atomic E-state index is 13.8. The van der Waals surface area contributed by atoms with E-state index in [1.807, 2.05) is 0 Å². The van der Waals surface area contributed by atoms with Gasteiger partial charge in [0.2, 0.25) is 0 Å². The zero-order valence-corrected chi connectivity index (χ0v) is 11.3. The molecule has 6 heteroatoms. The third-order valence-electron chi connectivity index (χ3n) is 3.30. The topological polar surface area (TPSA) is 55.2 Å².